The summed E-state index contributed by atoms with van der Waals surface area (Å²) in [5, 5.41) is 3.35. The van der Waals surface area contributed by atoms with Gasteiger partial charge in [-0.25, -0.2) is 4.98 Å². The van der Waals surface area contributed by atoms with Gasteiger partial charge in [0.25, 0.3) is 0 Å². The van der Waals surface area contributed by atoms with Gasteiger partial charge in [0.1, 0.15) is 5.65 Å². The van der Waals surface area contributed by atoms with Gasteiger partial charge in [0, 0.05) is 50.8 Å². The van der Waals surface area contributed by atoms with Gasteiger partial charge in [0.15, 0.2) is 0 Å². The molecule has 5 heteroatoms. The number of nitrogens with zero attached hydrogens (tertiary/aromatic N) is 3. The SMILES string of the molecule is Nc1ccc2nc(CN3CCNCC3)cn2c1. The Balaban J connectivity index is 1.80. The van der Waals surface area contributed by atoms with Crippen molar-refractivity contribution in [3.8, 4) is 0 Å². The first kappa shape index (κ1) is 10.6. The average molecular weight is 231 g/mol. The molecule has 2 aromatic rings. The average Bonchev–Trinajstić information content (AvgIpc) is 2.71. The number of nitrogens with one attached hydrogen (secondary N) is 1. The molecule has 0 spiro atoms. The lowest BCUT2D eigenvalue weighted by molar-refractivity contribution is 0.231. The number of nitrogens with two attached hydrogens (primary N) is 1. The number of aromatic nitrogens is 2. The van der Waals surface area contributed by atoms with Crippen molar-refractivity contribution in [2.24, 2.45) is 0 Å². The van der Waals surface area contributed by atoms with Crippen molar-refractivity contribution < 1.29 is 0 Å². The first-order valence-corrected chi connectivity index (χ1v) is 5.97. The molecule has 0 aromatic carbocycles. The maximum atomic E-state index is 5.75. The van der Waals surface area contributed by atoms with E-state index in [4.69, 9.17) is 5.73 Å². The summed E-state index contributed by atoms with van der Waals surface area (Å²) in [6, 6.07) is 3.84. The Bertz CT molecular complexity index is 513. The van der Waals surface area contributed by atoms with Gasteiger partial charge in [-0.3, -0.25) is 4.90 Å². The first-order valence-electron chi connectivity index (χ1n) is 5.97. The molecule has 0 aliphatic carbocycles. The van der Waals surface area contributed by atoms with Crippen LogP contribution in [0, 0.1) is 0 Å². The number of piperazine rings is 1. The van der Waals surface area contributed by atoms with Gasteiger partial charge in [-0.05, 0) is 12.1 Å². The van der Waals surface area contributed by atoms with E-state index in [2.05, 4.69) is 21.4 Å². The van der Waals surface area contributed by atoms with Crippen LogP contribution in [0.4, 0.5) is 5.69 Å². The van der Waals surface area contributed by atoms with Crippen molar-refractivity contribution in [2.75, 3.05) is 31.9 Å². The molecule has 0 radical (unpaired) electrons. The summed E-state index contributed by atoms with van der Waals surface area (Å²) in [7, 11) is 0. The van der Waals surface area contributed by atoms with Crippen LogP contribution in [0.2, 0.25) is 0 Å². The quantitative estimate of drug-likeness (QED) is 0.781. The van der Waals surface area contributed by atoms with E-state index in [9.17, 15) is 0 Å². The van der Waals surface area contributed by atoms with Crippen LogP contribution >= 0.6 is 0 Å². The normalized spacial score (nSPS) is 17.6. The second-order valence-electron chi connectivity index (χ2n) is 4.49. The molecular formula is C12H17N5. The van der Waals surface area contributed by atoms with Crippen LogP contribution in [0.5, 0.6) is 0 Å². The standard InChI is InChI=1S/C12H17N5/c13-10-1-2-12-15-11(9-17(12)7-10)8-16-5-3-14-4-6-16/h1-2,7,9,14H,3-6,8,13H2. The van der Waals surface area contributed by atoms with Crippen molar-refractivity contribution >= 4 is 11.3 Å². The molecule has 17 heavy (non-hydrogen) atoms. The zero-order chi connectivity index (χ0) is 11.7. The number of imidazole rings is 1. The summed E-state index contributed by atoms with van der Waals surface area (Å²) >= 11 is 0. The molecule has 3 N–H and O–H groups in total. The van der Waals surface area contributed by atoms with Gasteiger partial charge in [-0.15, -0.1) is 0 Å². The molecule has 1 aliphatic heterocycles. The molecular weight excluding hydrogens is 214 g/mol. The van der Waals surface area contributed by atoms with Crippen LogP contribution < -0.4 is 11.1 Å². The molecule has 3 heterocycles. The lowest BCUT2D eigenvalue weighted by Gasteiger charge is -2.26. The van der Waals surface area contributed by atoms with Crippen LogP contribution in [0.1, 0.15) is 5.69 Å². The Kier molecular flexibility index (Phi) is 2.70. The Morgan fingerprint density at radius 2 is 2.06 bits per heavy atom. The van der Waals surface area contributed by atoms with Gasteiger partial charge in [-0.2, -0.15) is 0 Å². The maximum absolute atomic E-state index is 5.75. The fraction of sp³-hybridized carbons (Fsp3) is 0.417. The highest BCUT2D eigenvalue weighted by Crippen LogP contribution is 2.10. The third-order valence-corrected chi connectivity index (χ3v) is 3.12. The molecule has 0 bridgehead atoms. The van der Waals surface area contributed by atoms with Crippen LogP contribution in [-0.4, -0.2) is 40.5 Å². The molecule has 90 valence electrons. The highest BCUT2D eigenvalue weighted by atomic mass is 15.2. The number of rotatable bonds is 2. The number of anilines is 1. The Morgan fingerprint density at radius 1 is 1.24 bits per heavy atom. The number of fused-ring (bicyclic) bond motifs is 1. The van der Waals surface area contributed by atoms with Gasteiger partial charge < -0.3 is 15.5 Å². The summed E-state index contributed by atoms with van der Waals surface area (Å²) in [6.07, 6.45) is 3.97. The van der Waals surface area contributed by atoms with Gasteiger partial charge >= 0.3 is 0 Å². The van der Waals surface area contributed by atoms with Crippen molar-refractivity contribution in [3.63, 3.8) is 0 Å². The Morgan fingerprint density at radius 3 is 2.88 bits per heavy atom. The second kappa shape index (κ2) is 4.35. The smallest absolute Gasteiger partial charge is 0.137 e. The monoisotopic (exact) mass is 231 g/mol. The minimum absolute atomic E-state index is 0.767. The van der Waals surface area contributed by atoms with Crippen LogP contribution in [-0.2, 0) is 6.54 Å². The fourth-order valence-corrected chi connectivity index (χ4v) is 2.24. The number of hydrogen-bond acceptors (Lipinski definition) is 4. The van der Waals surface area contributed by atoms with Gasteiger partial charge in [0.2, 0.25) is 0 Å². The minimum Gasteiger partial charge on any atom is -0.398 e. The molecule has 0 saturated carbocycles. The fourth-order valence-electron chi connectivity index (χ4n) is 2.24. The zero-order valence-electron chi connectivity index (χ0n) is 9.76. The minimum atomic E-state index is 0.767. The highest BCUT2D eigenvalue weighted by molar-refractivity contribution is 5.48. The third kappa shape index (κ3) is 2.25. The van der Waals surface area contributed by atoms with E-state index in [1.807, 2.05) is 22.7 Å². The van der Waals surface area contributed by atoms with Crippen LogP contribution in [0.15, 0.2) is 24.5 Å². The number of nitrogen functional groups attached to an aromatic ring is 1. The molecule has 2 aromatic heterocycles. The molecule has 1 aliphatic rings. The maximum Gasteiger partial charge on any atom is 0.137 e. The second-order valence-corrected chi connectivity index (χ2v) is 4.49. The van der Waals surface area contributed by atoms with E-state index >= 15 is 0 Å². The summed E-state index contributed by atoms with van der Waals surface area (Å²) in [5.74, 6) is 0. The first-order chi connectivity index (χ1) is 8.31. The zero-order valence-corrected chi connectivity index (χ0v) is 9.76. The lowest BCUT2D eigenvalue weighted by atomic mass is 10.3. The number of hydrogen-bond donors (Lipinski definition) is 2. The summed E-state index contributed by atoms with van der Waals surface area (Å²) in [6.45, 7) is 5.25. The van der Waals surface area contributed by atoms with E-state index in [-0.39, 0.29) is 0 Å². The molecule has 0 amide bonds. The van der Waals surface area contributed by atoms with E-state index in [1.54, 1.807) is 0 Å². The predicted molar refractivity (Wildman–Crippen MR) is 67.8 cm³/mol. The summed E-state index contributed by atoms with van der Waals surface area (Å²) in [5.41, 5.74) is 8.59. The van der Waals surface area contributed by atoms with Gasteiger partial charge in [0.05, 0.1) is 5.69 Å². The molecule has 0 unspecified atom stereocenters. The van der Waals surface area contributed by atoms with E-state index in [0.717, 1.165) is 49.8 Å². The van der Waals surface area contributed by atoms with E-state index in [1.165, 1.54) is 0 Å². The molecule has 1 saturated heterocycles. The third-order valence-electron chi connectivity index (χ3n) is 3.12. The van der Waals surface area contributed by atoms with Crippen molar-refractivity contribution in [3.05, 3.63) is 30.2 Å². The largest absolute Gasteiger partial charge is 0.398 e. The van der Waals surface area contributed by atoms with Crippen molar-refractivity contribution in [1.29, 1.82) is 0 Å². The van der Waals surface area contributed by atoms with Crippen molar-refractivity contribution in [2.45, 2.75) is 6.54 Å². The Hall–Kier alpha value is -1.59. The summed E-state index contributed by atoms with van der Waals surface area (Å²) in [4.78, 5) is 7.01. The lowest BCUT2D eigenvalue weighted by Crippen LogP contribution is -2.42. The number of pyridine rings is 1. The molecule has 5 nitrogen and oxygen atoms in total. The van der Waals surface area contributed by atoms with E-state index in [0.29, 0.717) is 0 Å². The summed E-state index contributed by atoms with van der Waals surface area (Å²) < 4.78 is 1.99. The van der Waals surface area contributed by atoms with Gasteiger partial charge in [-0.1, -0.05) is 0 Å². The highest BCUT2D eigenvalue weighted by Gasteiger charge is 2.11. The van der Waals surface area contributed by atoms with E-state index < -0.39 is 0 Å². The Labute approximate surface area is 100 Å². The van der Waals surface area contributed by atoms with Crippen molar-refractivity contribution in [1.82, 2.24) is 19.6 Å². The van der Waals surface area contributed by atoms with Crippen LogP contribution in [0.3, 0.4) is 0 Å². The molecule has 3 rings (SSSR count). The topological polar surface area (TPSA) is 58.6 Å². The molecule has 0 atom stereocenters. The predicted octanol–water partition coefficient (Wildman–Crippen LogP) is 0.322. The van der Waals surface area contributed by atoms with Crippen LogP contribution in [0.25, 0.3) is 5.65 Å². The molecule has 1 fully saturated rings.